The number of hydrogen-bond donors (Lipinski definition) is 0. The fraction of sp³-hybridized carbons (Fsp3) is 0. The Hall–Kier alpha value is -2.21. The van der Waals surface area contributed by atoms with Crippen LogP contribution in [0.25, 0.3) is 22.3 Å². The first-order valence-corrected chi connectivity index (χ1v) is 5.79. The summed E-state index contributed by atoms with van der Waals surface area (Å²) >= 11 is 1.52. The minimum atomic E-state index is 0.226. The van der Waals surface area contributed by atoms with E-state index in [2.05, 4.69) is 10.1 Å². The Balaban J connectivity index is 2.04. The Kier molecular flexibility index (Phi) is 2.34. The molecule has 0 aliphatic rings. The van der Waals surface area contributed by atoms with Crippen LogP contribution in [0.5, 0.6) is 0 Å². The second-order valence-electron chi connectivity index (χ2n) is 3.31. The van der Waals surface area contributed by atoms with E-state index in [1.54, 1.807) is 18.2 Å². The summed E-state index contributed by atoms with van der Waals surface area (Å²) in [6.07, 6.45) is 1.39. The molecule has 6 heteroatoms. The zero-order valence-corrected chi connectivity index (χ0v) is 9.42. The topological polar surface area (TPSA) is 65.9 Å². The van der Waals surface area contributed by atoms with E-state index in [4.69, 9.17) is 4.52 Å². The van der Waals surface area contributed by atoms with Crippen LogP contribution in [0.1, 0.15) is 0 Å². The van der Waals surface area contributed by atoms with Gasteiger partial charge in [0.25, 0.3) is 5.69 Å². The number of hydrogen-bond acceptors (Lipinski definition) is 5. The maximum atomic E-state index is 11.5. The molecule has 0 N–H and O–H groups in total. The molecule has 3 aromatic rings. The Bertz CT molecular complexity index is 634. The monoisotopic (exact) mass is 245 g/mol. The van der Waals surface area contributed by atoms with E-state index in [0.717, 1.165) is 4.88 Å². The Labute approximate surface area is 101 Å². The summed E-state index contributed by atoms with van der Waals surface area (Å²) in [5, 5.41) is 17.3. The number of pyridine rings is 1. The van der Waals surface area contributed by atoms with Gasteiger partial charge in [-0.25, -0.2) is 0 Å². The largest absolute Gasteiger partial charge is 0.618 e. The predicted molar refractivity (Wildman–Crippen MR) is 62.0 cm³/mol. The van der Waals surface area contributed by atoms with Crippen LogP contribution in [0.4, 0.5) is 0 Å². The molecule has 0 saturated carbocycles. The van der Waals surface area contributed by atoms with Crippen molar-refractivity contribution in [2.45, 2.75) is 0 Å². The SMILES string of the molecule is [O-][n+]1ccccc1-c1nc(-c2cccs2)no1. The van der Waals surface area contributed by atoms with Crippen LogP contribution < -0.4 is 4.73 Å². The lowest BCUT2D eigenvalue weighted by molar-refractivity contribution is -0.594. The first kappa shape index (κ1) is 9.98. The van der Waals surface area contributed by atoms with E-state index in [9.17, 15) is 5.21 Å². The van der Waals surface area contributed by atoms with E-state index in [0.29, 0.717) is 16.2 Å². The molecular formula is C11H7N3O2S. The summed E-state index contributed by atoms with van der Waals surface area (Å²) in [7, 11) is 0. The number of rotatable bonds is 2. The fourth-order valence-electron chi connectivity index (χ4n) is 1.43. The summed E-state index contributed by atoms with van der Waals surface area (Å²) in [5.74, 6) is 0.725. The molecule has 0 atom stereocenters. The zero-order chi connectivity index (χ0) is 11.7. The van der Waals surface area contributed by atoms with Crippen molar-refractivity contribution in [1.29, 1.82) is 0 Å². The van der Waals surface area contributed by atoms with Crippen molar-refractivity contribution in [3.05, 3.63) is 47.1 Å². The van der Waals surface area contributed by atoms with Gasteiger partial charge in [-0.15, -0.1) is 11.3 Å². The molecule has 17 heavy (non-hydrogen) atoms. The second kappa shape index (κ2) is 3.99. The first-order chi connectivity index (χ1) is 8.34. The van der Waals surface area contributed by atoms with Crippen molar-refractivity contribution in [2.75, 3.05) is 0 Å². The van der Waals surface area contributed by atoms with Gasteiger partial charge in [0, 0.05) is 12.1 Å². The lowest BCUT2D eigenvalue weighted by Gasteiger charge is -1.97. The van der Waals surface area contributed by atoms with Gasteiger partial charge in [-0.05, 0) is 17.5 Å². The Morgan fingerprint density at radius 2 is 2.18 bits per heavy atom. The number of thiophene rings is 1. The third-order valence-corrected chi connectivity index (χ3v) is 3.08. The van der Waals surface area contributed by atoms with Gasteiger partial charge in [-0.1, -0.05) is 11.2 Å². The summed E-state index contributed by atoms with van der Waals surface area (Å²) in [4.78, 5) is 5.11. The van der Waals surface area contributed by atoms with Crippen LogP contribution in [0.2, 0.25) is 0 Å². The highest BCUT2D eigenvalue weighted by molar-refractivity contribution is 7.13. The summed E-state index contributed by atoms with van der Waals surface area (Å²) in [6.45, 7) is 0. The minimum Gasteiger partial charge on any atom is -0.618 e. The van der Waals surface area contributed by atoms with Crippen molar-refractivity contribution in [2.24, 2.45) is 0 Å². The van der Waals surface area contributed by atoms with Gasteiger partial charge in [0.1, 0.15) is 0 Å². The summed E-state index contributed by atoms with van der Waals surface area (Å²) in [5.41, 5.74) is 0.350. The maximum Gasteiger partial charge on any atom is 0.324 e. The molecular weight excluding hydrogens is 238 g/mol. The van der Waals surface area contributed by atoms with Gasteiger partial charge in [-0.3, -0.25) is 0 Å². The predicted octanol–water partition coefficient (Wildman–Crippen LogP) is 2.10. The van der Waals surface area contributed by atoms with Crippen molar-refractivity contribution < 1.29 is 9.25 Å². The molecule has 3 aromatic heterocycles. The molecule has 0 unspecified atom stereocenters. The molecule has 84 valence electrons. The fourth-order valence-corrected chi connectivity index (χ4v) is 2.08. The highest BCUT2D eigenvalue weighted by Gasteiger charge is 2.17. The molecule has 0 saturated heterocycles. The van der Waals surface area contributed by atoms with E-state index in [1.807, 2.05) is 17.5 Å². The molecule has 0 bridgehead atoms. The van der Waals surface area contributed by atoms with Crippen molar-refractivity contribution >= 4 is 11.3 Å². The molecule has 3 rings (SSSR count). The standard InChI is InChI=1S/C11H7N3O2S/c15-14-6-2-1-4-8(14)11-12-10(13-16-11)9-5-3-7-17-9/h1-7H. The Morgan fingerprint density at radius 1 is 1.24 bits per heavy atom. The second-order valence-corrected chi connectivity index (χ2v) is 4.26. The molecule has 3 heterocycles. The number of aromatic nitrogens is 3. The van der Waals surface area contributed by atoms with Crippen LogP contribution in [-0.4, -0.2) is 10.1 Å². The average Bonchev–Trinajstić information content (AvgIpc) is 3.00. The van der Waals surface area contributed by atoms with Gasteiger partial charge < -0.3 is 9.73 Å². The first-order valence-electron chi connectivity index (χ1n) is 4.91. The van der Waals surface area contributed by atoms with Crippen LogP contribution in [0.15, 0.2) is 46.4 Å². The van der Waals surface area contributed by atoms with Gasteiger partial charge in [0.05, 0.1) is 4.88 Å². The van der Waals surface area contributed by atoms with Crippen LogP contribution >= 0.6 is 11.3 Å². The average molecular weight is 245 g/mol. The summed E-state index contributed by atoms with van der Waals surface area (Å²) in [6, 6.07) is 8.84. The van der Waals surface area contributed by atoms with Crippen LogP contribution in [-0.2, 0) is 0 Å². The highest BCUT2D eigenvalue weighted by atomic mass is 32.1. The molecule has 0 aliphatic carbocycles. The normalized spacial score (nSPS) is 10.6. The van der Waals surface area contributed by atoms with Crippen LogP contribution in [0.3, 0.4) is 0 Å². The van der Waals surface area contributed by atoms with Crippen LogP contribution in [0, 0.1) is 5.21 Å². The molecule has 5 nitrogen and oxygen atoms in total. The van der Waals surface area contributed by atoms with E-state index in [1.165, 1.54) is 17.5 Å². The van der Waals surface area contributed by atoms with Crippen molar-refractivity contribution in [3.63, 3.8) is 0 Å². The molecule has 0 aromatic carbocycles. The third-order valence-electron chi connectivity index (χ3n) is 2.21. The van der Waals surface area contributed by atoms with E-state index in [-0.39, 0.29) is 5.89 Å². The molecule has 0 fully saturated rings. The van der Waals surface area contributed by atoms with Gasteiger partial charge in [0.15, 0.2) is 6.20 Å². The quantitative estimate of drug-likeness (QED) is 0.512. The number of nitrogens with zero attached hydrogens (tertiary/aromatic N) is 3. The van der Waals surface area contributed by atoms with E-state index < -0.39 is 0 Å². The molecule has 0 radical (unpaired) electrons. The molecule has 0 amide bonds. The highest BCUT2D eigenvalue weighted by Crippen LogP contribution is 2.23. The lowest BCUT2D eigenvalue weighted by atomic mass is 10.3. The minimum absolute atomic E-state index is 0.226. The lowest BCUT2D eigenvalue weighted by Crippen LogP contribution is -2.27. The Morgan fingerprint density at radius 3 is 2.94 bits per heavy atom. The van der Waals surface area contributed by atoms with Gasteiger partial charge in [0.2, 0.25) is 5.82 Å². The van der Waals surface area contributed by atoms with Crippen molar-refractivity contribution in [3.8, 4) is 22.3 Å². The van der Waals surface area contributed by atoms with Gasteiger partial charge >= 0.3 is 5.89 Å². The van der Waals surface area contributed by atoms with Gasteiger partial charge in [-0.2, -0.15) is 9.71 Å². The zero-order valence-electron chi connectivity index (χ0n) is 8.61. The summed E-state index contributed by atoms with van der Waals surface area (Å²) < 4.78 is 5.78. The maximum absolute atomic E-state index is 11.5. The third kappa shape index (κ3) is 1.78. The molecule has 0 aliphatic heterocycles. The smallest absolute Gasteiger partial charge is 0.324 e. The van der Waals surface area contributed by atoms with Crippen molar-refractivity contribution in [1.82, 2.24) is 10.1 Å². The molecule has 0 spiro atoms. The van der Waals surface area contributed by atoms with E-state index >= 15 is 0 Å².